The van der Waals surface area contributed by atoms with E-state index in [1.54, 1.807) is 0 Å². The normalized spacial score (nSPS) is 24.5. The van der Waals surface area contributed by atoms with Crippen LogP contribution < -0.4 is 0 Å². The van der Waals surface area contributed by atoms with E-state index < -0.39 is 0 Å². The molecule has 1 N–H and O–H groups in total. The predicted molar refractivity (Wildman–Crippen MR) is 112 cm³/mol. The second-order valence-electron chi connectivity index (χ2n) is 8.46. The van der Waals surface area contributed by atoms with Crippen molar-refractivity contribution in [3.8, 4) is 0 Å². The van der Waals surface area contributed by atoms with Crippen LogP contribution in [0.3, 0.4) is 0 Å². The second-order valence-corrected chi connectivity index (χ2v) is 9.53. The maximum Gasteiger partial charge on any atom is 0.273 e. The number of likely N-dealkylation sites (tertiary alicyclic amines) is 2. The number of aromatic nitrogens is 3. The highest BCUT2D eigenvalue weighted by Crippen LogP contribution is 2.43. The Hall–Kier alpha value is -2.29. The van der Waals surface area contributed by atoms with Crippen molar-refractivity contribution in [1.82, 2.24) is 24.3 Å². The fraction of sp³-hybridized carbons (Fsp3) is 0.476. The van der Waals surface area contributed by atoms with Gasteiger partial charge in [0.15, 0.2) is 0 Å². The van der Waals surface area contributed by atoms with E-state index in [0.717, 1.165) is 30.3 Å². The number of aryl methyl sites for hydroxylation is 2. The molecule has 7 nitrogen and oxygen atoms in total. The van der Waals surface area contributed by atoms with Gasteiger partial charge >= 0.3 is 0 Å². The fourth-order valence-corrected chi connectivity index (χ4v) is 5.66. The maximum absolute atomic E-state index is 12.8. The van der Waals surface area contributed by atoms with Gasteiger partial charge in [-0.3, -0.25) is 9.69 Å². The number of carbonyl (C=O) groups excluding carboxylic acids is 1. The first kappa shape index (κ1) is 18.7. The molecule has 152 valence electrons. The lowest BCUT2D eigenvalue weighted by molar-refractivity contribution is 0.0714. The number of amides is 1. The van der Waals surface area contributed by atoms with Gasteiger partial charge in [-0.15, -0.1) is 11.3 Å². The standard InChI is InChI=1S/C21H25N5O2S/c1-14-23-18(10-29-14)20(28)26-9-16-8-25(11-21(16,12-26)13-27)7-15-6-24(2)19-17(15)4-3-5-22-19/h3-6,10,16,27H,7-9,11-13H2,1-2H3/t16-,21+/m0/s1. The monoisotopic (exact) mass is 411 g/mol. The Balaban J connectivity index is 1.32. The van der Waals surface area contributed by atoms with Gasteiger partial charge < -0.3 is 14.6 Å². The van der Waals surface area contributed by atoms with Crippen molar-refractivity contribution in [3.05, 3.63) is 46.2 Å². The third-order valence-electron chi connectivity index (χ3n) is 6.48. The van der Waals surface area contributed by atoms with E-state index in [4.69, 9.17) is 0 Å². The van der Waals surface area contributed by atoms with Crippen molar-refractivity contribution in [1.29, 1.82) is 0 Å². The van der Waals surface area contributed by atoms with Crippen LogP contribution in [0, 0.1) is 18.3 Å². The van der Waals surface area contributed by atoms with Crippen molar-refractivity contribution < 1.29 is 9.90 Å². The Morgan fingerprint density at radius 2 is 2.24 bits per heavy atom. The zero-order chi connectivity index (χ0) is 20.2. The average molecular weight is 412 g/mol. The molecule has 1 amide bonds. The van der Waals surface area contributed by atoms with E-state index in [1.807, 2.05) is 36.5 Å². The smallest absolute Gasteiger partial charge is 0.273 e. The third-order valence-corrected chi connectivity index (χ3v) is 7.25. The van der Waals surface area contributed by atoms with E-state index in [-0.39, 0.29) is 23.8 Å². The highest BCUT2D eigenvalue weighted by Gasteiger charge is 2.53. The summed E-state index contributed by atoms with van der Waals surface area (Å²) in [6.45, 7) is 5.81. The first-order chi connectivity index (χ1) is 14.0. The minimum absolute atomic E-state index is 0.0109. The lowest BCUT2D eigenvalue weighted by Crippen LogP contribution is -2.38. The summed E-state index contributed by atoms with van der Waals surface area (Å²) in [6.07, 6.45) is 3.97. The van der Waals surface area contributed by atoms with Gasteiger partial charge in [0.1, 0.15) is 11.3 Å². The molecule has 3 aromatic rings. The van der Waals surface area contributed by atoms with Gasteiger partial charge in [-0.2, -0.15) is 0 Å². The number of aliphatic hydroxyl groups is 1. The van der Waals surface area contributed by atoms with Crippen molar-refractivity contribution in [3.63, 3.8) is 0 Å². The van der Waals surface area contributed by atoms with Gasteiger partial charge in [-0.05, 0) is 30.5 Å². The molecular weight excluding hydrogens is 386 g/mol. The summed E-state index contributed by atoms with van der Waals surface area (Å²) < 4.78 is 2.07. The fourth-order valence-electron chi connectivity index (χ4n) is 5.07. The Labute approximate surface area is 173 Å². The van der Waals surface area contributed by atoms with Crippen molar-refractivity contribution in [2.45, 2.75) is 13.5 Å². The lowest BCUT2D eigenvalue weighted by Gasteiger charge is -2.27. The van der Waals surface area contributed by atoms with Gasteiger partial charge in [-0.25, -0.2) is 9.97 Å². The maximum atomic E-state index is 12.8. The van der Waals surface area contributed by atoms with E-state index in [0.29, 0.717) is 18.8 Å². The summed E-state index contributed by atoms with van der Waals surface area (Å²) in [5, 5.41) is 14.2. The molecule has 3 aromatic heterocycles. The van der Waals surface area contributed by atoms with Crippen LogP contribution in [0.1, 0.15) is 21.1 Å². The predicted octanol–water partition coefficient (Wildman–Crippen LogP) is 1.90. The van der Waals surface area contributed by atoms with Crippen LogP contribution >= 0.6 is 11.3 Å². The SMILES string of the molecule is Cc1nc(C(=O)N2C[C@@H]3CN(Cc4cn(C)c5ncccc45)C[C@]3(CO)C2)cs1. The van der Waals surface area contributed by atoms with Gasteiger partial charge in [0.25, 0.3) is 5.91 Å². The Morgan fingerprint density at radius 3 is 2.97 bits per heavy atom. The molecule has 29 heavy (non-hydrogen) atoms. The van der Waals surface area contributed by atoms with Crippen molar-refractivity contribution >= 4 is 28.3 Å². The quantitative estimate of drug-likeness (QED) is 0.710. The number of hydrogen-bond donors (Lipinski definition) is 1. The van der Waals surface area contributed by atoms with E-state index >= 15 is 0 Å². The Kier molecular flexibility index (Phi) is 4.45. The Bertz CT molecular complexity index is 1080. The third kappa shape index (κ3) is 3.06. The molecule has 0 aliphatic carbocycles. The number of hydrogen-bond acceptors (Lipinski definition) is 6. The van der Waals surface area contributed by atoms with Crippen LogP contribution in [0.25, 0.3) is 11.0 Å². The van der Waals surface area contributed by atoms with Gasteiger partial charge in [0, 0.05) is 68.3 Å². The largest absolute Gasteiger partial charge is 0.396 e. The van der Waals surface area contributed by atoms with E-state index in [1.165, 1.54) is 22.3 Å². The highest BCUT2D eigenvalue weighted by molar-refractivity contribution is 7.09. The minimum Gasteiger partial charge on any atom is -0.396 e. The van der Waals surface area contributed by atoms with Crippen LogP contribution in [0.2, 0.25) is 0 Å². The Morgan fingerprint density at radius 1 is 1.38 bits per heavy atom. The lowest BCUT2D eigenvalue weighted by atomic mass is 9.82. The summed E-state index contributed by atoms with van der Waals surface area (Å²) in [4.78, 5) is 26.0. The average Bonchev–Trinajstić information content (AvgIpc) is 3.44. The number of thiazole rings is 1. The zero-order valence-electron chi connectivity index (χ0n) is 16.7. The molecule has 0 bridgehead atoms. The van der Waals surface area contributed by atoms with E-state index in [9.17, 15) is 9.90 Å². The summed E-state index contributed by atoms with van der Waals surface area (Å²) in [5.74, 6) is 0.271. The molecule has 0 aromatic carbocycles. The van der Waals surface area contributed by atoms with Crippen molar-refractivity contribution in [2.75, 3.05) is 32.8 Å². The van der Waals surface area contributed by atoms with Crippen LogP contribution in [0.15, 0.2) is 29.9 Å². The van der Waals surface area contributed by atoms with E-state index in [2.05, 4.69) is 31.7 Å². The van der Waals surface area contributed by atoms with Crippen LogP contribution in [-0.4, -0.2) is 68.1 Å². The van der Waals surface area contributed by atoms with Gasteiger partial charge in [0.05, 0.1) is 11.6 Å². The number of aliphatic hydroxyl groups excluding tert-OH is 1. The summed E-state index contributed by atoms with van der Waals surface area (Å²) in [7, 11) is 2.02. The first-order valence-corrected chi connectivity index (χ1v) is 10.8. The summed E-state index contributed by atoms with van der Waals surface area (Å²) >= 11 is 1.50. The highest BCUT2D eigenvalue weighted by atomic mass is 32.1. The number of carbonyl (C=O) groups is 1. The van der Waals surface area contributed by atoms with Crippen LogP contribution in [-0.2, 0) is 13.6 Å². The number of nitrogens with zero attached hydrogens (tertiary/aromatic N) is 5. The first-order valence-electron chi connectivity index (χ1n) is 9.93. The molecule has 2 aliphatic rings. The molecule has 5 heterocycles. The molecule has 2 fully saturated rings. The van der Waals surface area contributed by atoms with Gasteiger partial charge in [-0.1, -0.05) is 0 Å². The molecule has 0 spiro atoms. The molecule has 2 atom stereocenters. The molecule has 0 saturated carbocycles. The van der Waals surface area contributed by atoms with Gasteiger partial charge in [0.2, 0.25) is 0 Å². The zero-order valence-corrected chi connectivity index (χ0v) is 17.5. The summed E-state index contributed by atoms with van der Waals surface area (Å²) in [6, 6.07) is 4.09. The molecule has 0 unspecified atom stereocenters. The number of rotatable bonds is 4. The number of pyridine rings is 1. The second kappa shape index (κ2) is 6.90. The molecule has 2 aliphatic heterocycles. The number of fused-ring (bicyclic) bond motifs is 2. The molecular formula is C21H25N5O2S. The van der Waals surface area contributed by atoms with Crippen molar-refractivity contribution in [2.24, 2.45) is 18.4 Å². The molecule has 2 saturated heterocycles. The minimum atomic E-state index is -0.246. The van der Waals surface area contributed by atoms with Crippen LogP contribution in [0.4, 0.5) is 0 Å². The van der Waals surface area contributed by atoms with Crippen LogP contribution in [0.5, 0.6) is 0 Å². The summed E-state index contributed by atoms with van der Waals surface area (Å²) in [5.41, 5.74) is 2.54. The molecule has 5 rings (SSSR count). The molecule has 0 radical (unpaired) electrons. The topological polar surface area (TPSA) is 74.5 Å². The molecule has 8 heteroatoms.